The van der Waals surface area contributed by atoms with E-state index in [2.05, 4.69) is 20.9 Å². The number of amides is 1. The number of likely N-dealkylation sites (tertiary alicyclic amines) is 1. The molecule has 6 heteroatoms. The van der Waals surface area contributed by atoms with Gasteiger partial charge in [0.05, 0.1) is 16.9 Å². The van der Waals surface area contributed by atoms with E-state index < -0.39 is 0 Å². The van der Waals surface area contributed by atoms with Crippen molar-refractivity contribution in [1.29, 1.82) is 0 Å². The smallest absolute Gasteiger partial charge is 0.264 e. The quantitative estimate of drug-likeness (QED) is 0.653. The minimum Gasteiger partial charge on any atom is -0.472 e. The fraction of sp³-hybridized carbons (Fsp3) is 0.222. The average molecular weight is 403 g/mol. The van der Waals surface area contributed by atoms with Crippen molar-refractivity contribution in [1.82, 2.24) is 9.88 Å². The van der Waals surface area contributed by atoms with Gasteiger partial charge in [0, 0.05) is 34.3 Å². The highest BCUT2D eigenvalue weighted by Crippen LogP contribution is 2.25. The number of carbonyl (C=O) groups is 1. The van der Waals surface area contributed by atoms with Gasteiger partial charge in [0.1, 0.15) is 6.10 Å². The summed E-state index contributed by atoms with van der Waals surface area (Å²) in [6, 6.07) is 13.7. The van der Waals surface area contributed by atoms with Crippen molar-refractivity contribution in [3.05, 3.63) is 57.2 Å². The molecule has 3 aromatic rings. The summed E-state index contributed by atoms with van der Waals surface area (Å²) in [4.78, 5) is 19.6. The molecule has 0 saturated carbocycles. The zero-order valence-corrected chi connectivity index (χ0v) is 15.2. The summed E-state index contributed by atoms with van der Waals surface area (Å²) in [6.07, 6.45) is 0.818. The Morgan fingerprint density at radius 1 is 1.29 bits per heavy atom. The van der Waals surface area contributed by atoms with Crippen LogP contribution in [-0.4, -0.2) is 35.0 Å². The molecule has 1 atom stereocenters. The number of carbonyl (C=O) groups excluding carboxylic acids is 1. The largest absolute Gasteiger partial charge is 0.472 e. The second-order valence-corrected chi connectivity index (χ2v) is 7.58. The first-order valence-corrected chi connectivity index (χ1v) is 9.42. The number of nitrogens with zero attached hydrogens (tertiary/aromatic N) is 2. The molecule has 1 aromatic carbocycles. The normalized spacial score (nSPS) is 17.4. The lowest BCUT2D eigenvalue weighted by Crippen LogP contribution is -2.30. The summed E-state index contributed by atoms with van der Waals surface area (Å²) in [5.41, 5.74) is 0.921. The number of benzene rings is 1. The van der Waals surface area contributed by atoms with E-state index >= 15 is 0 Å². The Labute approximate surface area is 152 Å². The van der Waals surface area contributed by atoms with E-state index in [4.69, 9.17) is 4.74 Å². The molecule has 1 aliphatic heterocycles. The van der Waals surface area contributed by atoms with Gasteiger partial charge in [0.15, 0.2) is 0 Å². The summed E-state index contributed by atoms with van der Waals surface area (Å²) < 4.78 is 6.94. The van der Waals surface area contributed by atoms with Crippen molar-refractivity contribution in [2.24, 2.45) is 0 Å². The van der Waals surface area contributed by atoms with Crippen molar-refractivity contribution < 1.29 is 9.53 Å². The van der Waals surface area contributed by atoms with E-state index in [9.17, 15) is 4.79 Å². The number of rotatable bonds is 3. The molecule has 0 radical (unpaired) electrons. The summed E-state index contributed by atoms with van der Waals surface area (Å²) in [5.74, 6) is 0.690. The molecule has 1 amide bonds. The minimum absolute atomic E-state index is 0.00832. The van der Waals surface area contributed by atoms with Gasteiger partial charge in [-0.2, -0.15) is 0 Å². The Kier molecular flexibility index (Phi) is 4.24. The molecule has 3 heterocycles. The molecular weight excluding hydrogens is 388 g/mol. The molecule has 1 fully saturated rings. The topological polar surface area (TPSA) is 42.4 Å². The average Bonchev–Trinajstić information content (AvgIpc) is 3.23. The number of pyridine rings is 1. The molecular formula is C18H15BrN2O2S. The van der Waals surface area contributed by atoms with Crippen molar-refractivity contribution in [2.75, 3.05) is 13.1 Å². The van der Waals surface area contributed by atoms with E-state index in [1.165, 1.54) is 11.3 Å². The molecule has 4 nitrogen and oxygen atoms in total. The molecule has 4 rings (SSSR count). The van der Waals surface area contributed by atoms with Crippen molar-refractivity contribution in [3.8, 4) is 5.88 Å². The first kappa shape index (κ1) is 15.6. The highest BCUT2D eigenvalue weighted by atomic mass is 79.9. The summed E-state index contributed by atoms with van der Waals surface area (Å²) in [7, 11) is 0. The standard InChI is InChI=1S/C18H15BrN2O2S/c19-13-9-16(24-11-13)18(22)21-8-7-14(10-21)23-17-6-5-12-3-1-2-4-15(12)20-17/h1-6,9,11,14H,7-8,10H2. The number of ether oxygens (including phenoxy) is 1. The summed E-state index contributed by atoms with van der Waals surface area (Å²) in [5, 5.41) is 3.02. The Morgan fingerprint density at radius 3 is 3.00 bits per heavy atom. The van der Waals surface area contributed by atoms with E-state index in [1.807, 2.05) is 52.7 Å². The third-order valence-corrected chi connectivity index (χ3v) is 5.75. The predicted molar refractivity (Wildman–Crippen MR) is 98.7 cm³/mol. The van der Waals surface area contributed by atoms with Crippen molar-refractivity contribution >= 4 is 44.1 Å². The molecule has 0 N–H and O–H groups in total. The van der Waals surface area contributed by atoms with Crippen LogP contribution in [0.3, 0.4) is 0 Å². The SMILES string of the molecule is O=C(c1cc(Br)cs1)N1CCC(Oc2ccc3ccccc3n2)C1. The Hall–Kier alpha value is -1.92. The van der Waals surface area contributed by atoms with Crippen LogP contribution in [0.2, 0.25) is 0 Å². The van der Waals surface area contributed by atoms with Crippen LogP contribution in [0.15, 0.2) is 52.3 Å². The van der Waals surface area contributed by atoms with E-state index in [-0.39, 0.29) is 12.0 Å². The first-order chi connectivity index (χ1) is 11.7. The lowest BCUT2D eigenvalue weighted by atomic mass is 10.2. The maximum atomic E-state index is 12.5. The second-order valence-electron chi connectivity index (χ2n) is 5.75. The zero-order chi connectivity index (χ0) is 16.5. The van der Waals surface area contributed by atoms with E-state index in [0.717, 1.165) is 26.7 Å². The van der Waals surface area contributed by atoms with Crippen molar-refractivity contribution in [3.63, 3.8) is 0 Å². The number of halogens is 1. The van der Waals surface area contributed by atoms with Crippen molar-refractivity contribution in [2.45, 2.75) is 12.5 Å². The van der Waals surface area contributed by atoms with Gasteiger partial charge in [-0.3, -0.25) is 4.79 Å². The molecule has 1 unspecified atom stereocenters. The molecule has 122 valence electrons. The summed E-state index contributed by atoms with van der Waals surface area (Å²) in [6.45, 7) is 1.31. The lowest BCUT2D eigenvalue weighted by Gasteiger charge is -2.16. The Balaban J connectivity index is 1.43. The van der Waals surface area contributed by atoms with Gasteiger partial charge < -0.3 is 9.64 Å². The molecule has 2 aromatic heterocycles. The van der Waals surface area contributed by atoms with Crippen LogP contribution < -0.4 is 4.74 Å². The number of hydrogen-bond acceptors (Lipinski definition) is 4. The highest BCUT2D eigenvalue weighted by Gasteiger charge is 2.29. The lowest BCUT2D eigenvalue weighted by molar-refractivity contribution is 0.0776. The number of hydrogen-bond donors (Lipinski definition) is 0. The van der Waals surface area contributed by atoms with Crippen LogP contribution in [0.25, 0.3) is 10.9 Å². The molecule has 24 heavy (non-hydrogen) atoms. The van der Waals surface area contributed by atoms with Crippen LogP contribution in [-0.2, 0) is 0 Å². The van der Waals surface area contributed by atoms with Gasteiger partial charge in [-0.25, -0.2) is 4.98 Å². The van der Waals surface area contributed by atoms with E-state index in [1.54, 1.807) is 0 Å². The maximum Gasteiger partial charge on any atom is 0.264 e. The van der Waals surface area contributed by atoms with Gasteiger partial charge in [-0.05, 0) is 34.1 Å². The number of aromatic nitrogens is 1. The van der Waals surface area contributed by atoms with Gasteiger partial charge in [0.25, 0.3) is 5.91 Å². The van der Waals surface area contributed by atoms with Gasteiger partial charge >= 0.3 is 0 Å². The number of fused-ring (bicyclic) bond motifs is 1. The van der Waals surface area contributed by atoms with Gasteiger partial charge in [0.2, 0.25) is 5.88 Å². The van der Waals surface area contributed by atoms with Crippen LogP contribution >= 0.6 is 27.3 Å². The third kappa shape index (κ3) is 3.16. The fourth-order valence-electron chi connectivity index (χ4n) is 2.87. The van der Waals surface area contributed by atoms with Gasteiger partial charge in [-0.1, -0.05) is 18.2 Å². The number of para-hydroxylation sites is 1. The number of thiophene rings is 1. The van der Waals surface area contributed by atoms with Crippen LogP contribution in [0.1, 0.15) is 16.1 Å². The Morgan fingerprint density at radius 2 is 2.17 bits per heavy atom. The van der Waals surface area contributed by atoms with E-state index in [0.29, 0.717) is 19.0 Å². The molecule has 1 aliphatic rings. The second kappa shape index (κ2) is 6.53. The molecule has 1 saturated heterocycles. The van der Waals surface area contributed by atoms with Crippen LogP contribution in [0, 0.1) is 0 Å². The van der Waals surface area contributed by atoms with Crippen LogP contribution in [0.5, 0.6) is 5.88 Å². The zero-order valence-electron chi connectivity index (χ0n) is 12.8. The molecule has 0 spiro atoms. The molecule has 0 aliphatic carbocycles. The fourth-order valence-corrected chi connectivity index (χ4v) is 4.27. The van der Waals surface area contributed by atoms with Crippen LogP contribution in [0.4, 0.5) is 0 Å². The Bertz CT molecular complexity index is 895. The monoisotopic (exact) mass is 402 g/mol. The highest BCUT2D eigenvalue weighted by molar-refractivity contribution is 9.10. The predicted octanol–water partition coefficient (Wildman–Crippen LogP) is 4.35. The first-order valence-electron chi connectivity index (χ1n) is 7.75. The summed E-state index contributed by atoms with van der Waals surface area (Å²) >= 11 is 4.85. The maximum absolute atomic E-state index is 12.5. The van der Waals surface area contributed by atoms with Gasteiger partial charge in [-0.15, -0.1) is 11.3 Å². The molecule has 0 bridgehead atoms. The minimum atomic E-state index is -0.00832. The third-order valence-electron chi connectivity index (χ3n) is 4.07.